The molecule has 0 heterocycles. The second kappa shape index (κ2) is 51.7. The molecule has 3 N–H and O–H groups in total. The zero-order valence-corrected chi connectivity index (χ0v) is 42.1. The highest BCUT2D eigenvalue weighted by Gasteiger charge is 2.25. The predicted molar refractivity (Wildman–Crippen MR) is 275 cm³/mol. The first-order valence-corrected chi connectivity index (χ1v) is 27.6. The van der Waals surface area contributed by atoms with Gasteiger partial charge in [0.05, 0.1) is 19.8 Å². The number of esters is 1. The van der Waals surface area contributed by atoms with E-state index in [1.807, 2.05) is 0 Å². The molecule has 64 heavy (non-hydrogen) atoms. The fourth-order valence-electron chi connectivity index (χ4n) is 7.04. The zero-order valence-electron chi connectivity index (χ0n) is 41.2. The molecule has 8 nitrogen and oxygen atoms in total. The number of hydrogen-bond acceptors (Lipinski definition) is 7. The molecule has 0 rings (SSSR count). The van der Waals surface area contributed by atoms with E-state index in [-0.39, 0.29) is 32.3 Å². The van der Waals surface area contributed by atoms with Crippen LogP contribution in [0.15, 0.2) is 85.1 Å². The van der Waals surface area contributed by atoms with E-state index in [4.69, 9.17) is 24.3 Å². The quantitative estimate of drug-likeness (QED) is 0.0268. The van der Waals surface area contributed by atoms with Gasteiger partial charge in [0.15, 0.2) is 0 Å². The van der Waals surface area contributed by atoms with Crippen molar-refractivity contribution in [1.29, 1.82) is 0 Å². The summed E-state index contributed by atoms with van der Waals surface area (Å²) in [5, 5.41) is 0. The molecular formula is C55H98NO7P. The van der Waals surface area contributed by atoms with Crippen LogP contribution in [-0.4, -0.2) is 49.9 Å². The van der Waals surface area contributed by atoms with Crippen molar-refractivity contribution < 1.29 is 32.8 Å². The van der Waals surface area contributed by atoms with Crippen LogP contribution in [0.5, 0.6) is 0 Å². The second-order valence-corrected chi connectivity index (χ2v) is 18.5. The third-order valence-corrected chi connectivity index (χ3v) is 11.8. The van der Waals surface area contributed by atoms with Crippen LogP contribution < -0.4 is 5.73 Å². The van der Waals surface area contributed by atoms with Gasteiger partial charge in [-0.2, -0.15) is 0 Å². The minimum atomic E-state index is -4.29. The molecule has 0 bridgehead atoms. The van der Waals surface area contributed by atoms with E-state index in [9.17, 15) is 14.3 Å². The van der Waals surface area contributed by atoms with Crippen LogP contribution in [0.2, 0.25) is 0 Å². The molecule has 9 heteroatoms. The van der Waals surface area contributed by atoms with Crippen molar-refractivity contribution in [1.82, 2.24) is 0 Å². The summed E-state index contributed by atoms with van der Waals surface area (Å²) in [7, 11) is -4.29. The molecule has 0 aromatic rings. The first kappa shape index (κ1) is 61.7. The van der Waals surface area contributed by atoms with E-state index >= 15 is 0 Å². The lowest BCUT2D eigenvalue weighted by molar-refractivity contribution is -0.154. The number of nitrogens with two attached hydrogens (primary N) is 1. The molecule has 0 aromatic heterocycles. The number of unbranched alkanes of at least 4 members (excludes halogenated alkanes) is 22. The largest absolute Gasteiger partial charge is 0.472 e. The number of phosphoric ester groups is 1. The van der Waals surface area contributed by atoms with Crippen molar-refractivity contribution in [3.05, 3.63) is 85.1 Å². The number of carbonyl (C=O) groups excluding carboxylic acids is 1. The molecule has 0 aromatic carbocycles. The summed E-state index contributed by atoms with van der Waals surface area (Å²) in [6, 6.07) is 0. The maximum absolute atomic E-state index is 12.7. The first-order chi connectivity index (χ1) is 31.4. The van der Waals surface area contributed by atoms with Gasteiger partial charge in [-0.25, -0.2) is 4.57 Å². The highest BCUT2D eigenvalue weighted by Crippen LogP contribution is 2.43. The molecule has 0 amide bonds. The Morgan fingerprint density at radius 2 is 0.875 bits per heavy atom. The molecule has 0 aliphatic rings. The molecule has 2 atom stereocenters. The van der Waals surface area contributed by atoms with Gasteiger partial charge in [-0.15, -0.1) is 0 Å². The van der Waals surface area contributed by atoms with Crippen molar-refractivity contribution in [2.75, 3.05) is 33.0 Å². The van der Waals surface area contributed by atoms with Crippen molar-refractivity contribution in [2.24, 2.45) is 5.73 Å². The molecule has 0 saturated carbocycles. The zero-order chi connectivity index (χ0) is 46.5. The summed E-state index contributed by atoms with van der Waals surface area (Å²) in [6.07, 6.45) is 67.6. The maximum atomic E-state index is 12.7. The summed E-state index contributed by atoms with van der Waals surface area (Å²) in [5.74, 6) is -0.339. The molecule has 0 aliphatic carbocycles. The standard InChI is InChI=1S/C55H98NO7P/c1-3-5-7-9-11-13-15-17-19-21-23-24-25-26-27-28-29-31-33-35-37-39-41-43-45-47-50-60-52-54(53-62-64(58,59)61-51-49-56)63-55(57)48-46-44-42-40-38-36-34-32-30-22-20-18-16-14-12-10-8-6-4-2/h5,7,11,13,17,19,23-24,26-27,29,31,35,37,54H,3-4,6,8-10,12,14-16,18,20-22,25,28,30,32-34,36,38-53,56H2,1-2H3,(H,58,59)/b7-5-,13-11-,19-17-,24-23-,27-26-,31-29-,37-35-. The SMILES string of the molecule is CC/C=C\C/C=C\C/C=C\C/C=C\C/C=C\C/C=C\C/C=C\CCCCCCOCC(COP(=O)(O)OCCN)OC(=O)CCCCCCCCCCCCCCCCCCCCC. The minimum absolute atomic E-state index is 0.0927. The van der Waals surface area contributed by atoms with Gasteiger partial charge in [0, 0.05) is 19.6 Å². The van der Waals surface area contributed by atoms with Gasteiger partial charge in [-0.05, 0) is 70.6 Å². The summed E-state index contributed by atoms with van der Waals surface area (Å²) in [5.41, 5.74) is 5.39. The Morgan fingerprint density at radius 1 is 0.484 bits per heavy atom. The fraction of sp³-hybridized carbons (Fsp3) is 0.727. The normalized spacial score (nSPS) is 14.0. The summed E-state index contributed by atoms with van der Waals surface area (Å²) in [6.45, 7) is 4.76. The van der Waals surface area contributed by atoms with Crippen LogP contribution in [0.1, 0.15) is 219 Å². The van der Waals surface area contributed by atoms with Crippen molar-refractivity contribution in [3.8, 4) is 0 Å². The Labute approximate surface area is 394 Å². The smallest absolute Gasteiger partial charge is 0.457 e. The van der Waals surface area contributed by atoms with Gasteiger partial charge in [0.1, 0.15) is 6.10 Å². The van der Waals surface area contributed by atoms with E-state index in [0.717, 1.165) is 96.3 Å². The number of phosphoric acid groups is 1. The van der Waals surface area contributed by atoms with Gasteiger partial charge in [-0.1, -0.05) is 227 Å². The van der Waals surface area contributed by atoms with Crippen LogP contribution >= 0.6 is 7.82 Å². The number of allylic oxidation sites excluding steroid dienone is 14. The van der Waals surface area contributed by atoms with Gasteiger partial charge in [0.2, 0.25) is 0 Å². The summed E-state index contributed by atoms with van der Waals surface area (Å²) >= 11 is 0. The average Bonchev–Trinajstić information content (AvgIpc) is 3.29. The third kappa shape index (κ3) is 50.7. The van der Waals surface area contributed by atoms with Gasteiger partial charge in [-0.3, -0.25) is 13.8 Å². The molecule has 370 valence electrons. The van der Waals surface area contributed by atoms with E-state index < -0.39 is 13.9 Å². The molecule has 0 aliphatic heterocycles. The lowest BCUT2D eigenvalue weighted by atomic mass is 10.0. The Morgan fingerprint density at radius 3 is 1.31 bits per heavy atom. The van der Waals surface area contributed by atoms with Crippen molar-refractivity contribution in [2.45, 2.75) is 225 Å². The van der Waals surface area contributed by atoms with Crippen molar-refractivity contribution >= 4 is 13.8 Å². The summed E-state index contributed by atoms with van der Waals surface area (Å²) in [4.78, 5) is 22.6. The molecule has 2 unspecified atom stereocenters. The fourth-order valence-corrected chi connectivity index (χ4v) is 7.80. The van der Waals surface area contributed by atoms with Gasteiger partial charge >= 0.3 is 13.8 Å². The third-order valence-electron chi connectivity index (χ3n) is 10.8. The highest BCUT2D eigenvalue weighted by molar-refractivity contribution is 7.47. The number of ether oxygens (including phenoxy) is 2. The minimum Gasteiger partial charge on any atom is -0.457 e. The van der Waals surface area contributed by atoms with Gasteiger partial charge < -0.3 is 20.1 Å². The Kier molecular flexibility index (Phi) is 49.8. The van der Waals surface area contributed by atoms with E-state index in [1.54, 1.807) is 0 Å². The first-order valence-electron chi connectivity index (χ1n) is 26.1. The Bertz CT molecular complexity index is 1260. The number of hydrogen-bond donors (Lipinski definition) is 2. The molecule has 0 radical (unpaired) electrons. The number of rotatable bonds is 49. The molecule has 0 saturated heterocycles. The number of carbonyl (C=O) groups is 1. The molecular weight excluding hydrogens is 818 g/mol. The Balaban J connectivity index is 4.02. The Hall–Kier alpha value is -2.32. The monoisotopic (exact) mass is 916 g/mol. The van der Waals surface area contributed by atoms with Gasteiger partial charge in [0.25, 0.3) is 0 Å². The van der Waals surface area contributed by atoms with Crippen LogP contribution in [-0.2, 0) is 27.9 Å². The maximum Gasteiger partial charge on any atom is 0.472 e. The highest BCUT2D eigenvalue weighted by atomic mass is 31.2. The average molecular weight is 916 g/mol. The van der Waals surface area contributed by atoms with Crippen LogP contribution in [0.25, 0.3) is 0 Å². The van der Waals surface area contributed by atoms with E-state index in [1.165, 1.54) is 103 Å². The van der Waals surface area contributed by atoms with Crippen molar-refractivity contribution in [3.63, 3.8) is 0 Å². The van der Waals surface area contributed by atoms with E-state index in [0.29, 0.717) is 13.0 Å². The summed E-state index contributed by atoms with van der Waals surface area (Å²) < 4.78 is 33.6. The lowest BCUT2D eigenvalue weighted by Gasteiger charge is -2.20. The topological polar surface area (TPSA) is 117 Å². The molecule has 0 fully saturated rings. The van der Waals surface area contributed by atoms with Crippen LogP contribution in [0, 0.1) is 0 Å². The predicted octanol–water partition coefficient (Wildman–Crippen LogP) is 16.4. The van der Waals surface area contributed by atoms with Crippen LogP contribution in [0.3, 0.4) is 0 Å². The lowest BCUT2D eigenvalue weighted by Crippen LogP contribution is -2.28. The van der Waals surface area contributed by atoms with Crippen LogP contribution in [0.4, 0.5) is 0 Å². The second-order valence-electron chi connectivity index (χ2n) is 17.0. The van der Waals surface area contributed by atoms with E-state index in [2.05, 4.69) is 98.9 Å². The molecule has 0 spiro atoms.